The number of amides is 3. The van der Waals surface area contributed by atoms with Crippen molar-refractivity contribution >= 4 is 17.6 Å². The molecule has 0 radical (unpaired) electrons. The molecule has 1 aliphatic heterocycles. The van der Waals surface area contributed by atoms with Gasteiger partial charge in [0.15, 0.2) is 0 Å². The van der Waals surface area contributed by atoms with Crippen molar-refractivity contribution in [1.29, 1.82) is 0 Å². The standard InChI is InChI=1S/C22H27N3O3/c1-28-19-13-11-17(12-14-19)20-10-6-3-7-15-25(20)16-21(26)24-22(27)23-18-8-4-2-5-9-18/h2,4-5,8-9,11-14,20H,3,6-7,10,15-16H2,1H3,(H2,23,24,26,27). The van der Waals surface area contributed by atoms with Gasteiger partial charge in [0.2, 0.25) is 5.91 Å². The van der Waals surface area contributed by atoms with Gasteiger partial charge in [-0.2, -0.15) is 0 Å². The molecule has 0 saturated carbocycles. The first kappa shape index (κ1) is 19.9. The summed E-state index contributed by atoms with van der Waals surface area (Å²) >= 11 is 0. The molecule has 1 unspecified atom stereocenters. The minimum Gasteiger partial charge on any atom is -0.497 e. The summed E-state index contributed by atoms with van der Waals surface area (Å²) in [6, 6.07) is 16.7. The summed E-state index contributed by atoms with van der Waals surface area (Å²) in [5.74, 6) is 0.521. The summed E-state index contributed by atoms with van der Waals surface area (Å²) in [4.78, 5) is 26.7. The molecule has 1 saturated heterocycles. The molecule has 6 heteroatoms. The Bertz CT molecular complexity index is 777. The quantitative estimate of drug-likeness (QED) is 0.822. The average molecular weight is 381 g/mol. The van der Waals surface area contributed by atoms with Crippen molar-refractivity contribution in [1.82, 2.24) is 10.2 Å². The van der Waals surface area contributed by atoms with Crippen molar-refractivity contribution in [3.8, 4) is 5.75 Å². The number of urea groups is 1. The van der Waals surface area contributed by atoms with E-state index in [9.17, 15) is 9.59 Å². The van der Waals surface area contributed by atoms with E-state index in [-0.39, 0.29) is 18.5 Å². The van der Waals surface area contributed by atoms with E-state index in [2.05, 4.69) is 27.7 Å². The molecule has 2 N–H and O–H groups in total. The van der Waals surface area contributed by atoms with Crippen LogP contribution in [0.4, 0.5) is 10.5 Å². The number of ether oxygens (including phenoxy) is 1. The first-order chi connectivity index (χ1) is 13.7. The molecule has 0 aromatic heterocycles. The lowest BCUT2D eigenvalue weighted by atomic mass is 10.0. The molecule has 6 nitrogen and oxygen atoms in total. The maximum Gasteiger partial charge on any atom is 0.325 e. The Morgan fingerprint density at radius 1 is 1.04 bits per heavy atom. The predicted octanol–water partition coefficient (Wildman–Crippen LogP) is 3.96. The second-order valence-corrected chi connectivity index (χ2v) is 6.98. The molecule has 1 fully saturated rings. The van der Waals surface area contributed by atoms with E-state index >= 15 is 0 Å². The fourth-order valence-corrected chi connectivity index (χ4v) is 3.60. The van der Waals surface area contributed by atoms with E-state index in [0.29, 0.717) is 5.69 Å². The van der Waals surface area contributed by atoms with Crippen molar-refractivity contribution in [3.63, 3.8) is 0 Å². The van der Waals surface area contributed by atoms with Crippen LogP contribution in [0.2, 0.25) is 0 Å². The molecular formula is C22H27N3O3. The van der Waals surface area contributed by atoms with E-state index in [1.165, 1.54) is 5.56 Å². The summed E-state index contributed by atoms with van der Waals surface area (Å²) in [7, 11) is 1.65. The Hall–Kier alpha value is -2.86. The zero-order valence-electron chi connectivity index (χ0n) is 16.2. The van der Waals surface area contributed by atoms with Crippen molar-refractivity contribution < 1.29 is 14.3 Å². The van der Waals surface area contributed by atoms with Crippen LogP contribution in [0.3, 0.4) is 0 Å². The molecule has 28 heavy (non-hydrogen) atoms. The number of methoxy groups -OCH3 is 1. The van der Waals surface area contributed by atoms with E-state index in [0.717, 1.165) is 38.0 Å². The molecule has 2 aromatic carbocycles. The molecule has 3 amide bonds. The molecular weight excluding hydrogens is 354 g/mol. The van der Waals surface area contributed by atoms with Crippen LogP contribution in [0.25, 0.3) is 0 Å². The molecule has 148 valence electrons. The number of nitrogens with zero attached hydrogens (tertiary/aromatic N) is 1. The second kappa shape index (κ2) is 9.90. The number of rotatable bonds is 5. The zero-order valence-corrected chi connectivity index (χ0v) is 16.2. The summed E-state index contributed by atoms with van der Waals surface area (Å²) < 4.78 is 5.24. The van der Waals surface area contributed by atoms with Gasteiger partial charge in [-0.3, -0.25) is 15.0 Å². The smallest absolute Gasteiger partial charge is 0.325 e. The average Bonchev–Trinajstić information content (AvgIpc) is 2.94. The Kier molecular flexibility index (Phi) is 7.03. The number of hydrogen-bond acceptors (Lipinski definition) is 4. The largest absolute Gasteiger partial charge is 0.497 e. The van der Waals surface area contributed by atoms with Gasteiger partial charge in [0.05, 0.1) is 13.7 Å². The van der Waals surface area contributed by atoms with Gasteiger partial charge in [-0.15, -0.1) is 0 Å². The lowest BCUT2D eigenvalue weighted by Crippen LogP contribution is -2.43. The van der Waals surface area contributed by atoms with Crippen LogP contribution >= 0.6 is 0 Å². The maximum atomic E-state index is 12.5. The number of carbonyl (C=O) groups excluding carboxylic acids is 2. The van der Waals surface area contributed by atoms with Crippen molar-refractivity contribution in [2.45, 2.75) is 31.7 Å². The monoisotopic (exact) mass is 381 g/mol. The third kappa shape index (κ3) is 5.57. The fourth-order valence-electron chi connectivity index (χ4n) is 3.60. The van der Waals surface area contributed by atoms with Crippen LogP contribution in [0, 0.1) is 0 Å². The number of nitrogens with one attached hydrogen (secondary N) is 2. The highest BCUT2D eigenvalue weighted by Crippen LogP contribution is 2.30. The Labute approximate surface area is 165 Å². The third-order valence-electron chi connectivity index (χ3n) is 5.00. The van der Waals surface area contributed by atoms with Crippen LogP contribution < -0.4 is 15.4 Å². The van der Waals surface area contributed by atoms with Gasteiger partial charge >= 0.3 is 6.03 Å². The lowest BCUT2D eigenvalue weighted by Gasteiger charge is -2.29. The van der Waals surface area contributed by atoms with E-state index in [4.69, 9.17) is 4.74 Å². The number of benzene rings is 2. The predicted molar refractivity (Wildman–Crippen MR) is 109 cm³/mol. The molecule has 3 rings (SSSR count). The number of para-hydroxylation sites is 1. The van der Waals surface area contributed by atoms with Crippen LogP contribution in [0.1, 0.15) is 37.3 Å². The zero-order chi connectivity index (χ0) is 19.8. The summed E-state index contributed by atoms with van der Waals surface area (Å²) in [5.41, 5.74) is 1.82. The van der Waals surface area contributed by atoms with Crippen molar-refractivity contribution in [3.05, 3.63) is 60.2 Å². The lowest BCUT2D eigenvalue weighted by molar-refractivity contribution is -0.121. The number of anilines is 1. The van der Waals surface area contributed by atoms with Gasteiger partial charge in [-0.05, 0) is 49.2 Å². The SMILES string of the molecule is COc1ccc(C2CCCCCN2CC(=O)NC(=O)Nc2ccccc2)cc1. The molecule has 2 aromatic rings. The highest BCUT2D eigenvalue weighted by Gasteiger charge is 2.25. The van der Waals surface area contributed by atoms with Crippen LogP contribution in [-0.4, -0.2) is 37.0 Å². The summed E-state index contributed by atoms with van der Waals surface area (Å²) in [6.07, 6.45) is 4.33. The van der Waals surface area contributed by atoms with E-state index in [1.807, 2.05) is 30.3 Å². The first-order valence-corrected chi connectivity index (χ1v) is 9.69. The molecule has 0 spiro atoms. The maximum absolute atomic E-state index is 12.5. The molecule has 1 aliphatic rings. The molecule has 0 bridgehead atoms. The Morgan fingerprint density at radius 2 is 1.79 bits per heavy atom. The van der Waals surface area contributed by atoms with Gasteiger partial charge < -0.3 is 10.1 Å². The normalized spacial score (nSPS) is 17.4. The highest BCUT2D eigenvalue weighted by molar-refractivity contribution is 6.01. The van der Waals surface area contributed by atoms with Crippen LogP contribution in [0.15, 0.2) is 54.6 Å². The van der Waals surface area contributed by atoms with E-state index < -0.39 is 6.03 Å². The fraction of sp³-hybridized carbons (Fsp3) is 0.364. The number of imide groups is 1. The summed E-state index contributed by atoms with van der Waals surface area (Å²) in [5, 5.41) is 5.11. The minimum absolute atomic E-state index is 0.163. The number of hydrogen-bond donors (Lipinski definition) is 2. The summed E-state index contributed by atoms with van der Waals surface area (Å²) in [6.45, 7) is 1.03. The van der Waals surface area contributed by atoms with Crippen molar-refractivity contribution in [2.75, 3.05) is 25.5 Å². The van der Waals surface area contributed by atoms with E-state index in [1.54, 1.807) is 19.2 Å². The number of likely N-dealkylation sites (tertiary alicyclic amines) is 1. The van der Waals surface area contributed by atoms with Crippen LogP contribution in [0.5, 0.6) is 5.75 Å². The van der Waals surface area contributed by atoms with Gasteiger partial charge in [0, 0.05) is 11.7 Å². The Morgan fingerprint density at radius 3 is 2.50 bits per heavy atom. The van der Waals surface area contributed by atoms with Gasteiger partial charge in [-0.1, -0.05) is 43.2 Å². The Balaban J connectivity index is 1.61. The van der Waals surface area contributed by atoms with Crippen LogP contribution in [-0.2, 0) is 4.79 Å². The van der Waals surface area contributed by atoms with Gasteiger partial charge in [0.1, 0.15) is 5.75 Å². The van der Waals surface area contributed by atoms with Gasteiger partial charge in [0.25, 0.3) is 0 Å². The minimum atomic E-state index is -0.507. The van der Waals surface area contributed by atoms with Gasteiger partial charge in [-0.25, -0.2) is 4.79 Å². The topological polar surface area (TPSA) is 70.7 Å². The molecule has 1 atom stereocenters. The highest BCUT2D eigenvalue weighted by atomic mass is 16.5. The third-order valence-corrected chi connectivity index (χ3v) is 5.00. The van der Waals surface area contributed by atoms with Crippen molar-refractivity contribution in [2.24, 2.45) is 0 Å². The first-order valence-electron chi connectivity index (χ1n) is 9.69. The second-order valence-electron chi connectivity index (χ2n) is 6.98. The molecule has 1 heterocycles. The number of carbonyl (C=O) groups is 2. The molecule has 0 aliphatic carbocycles.